The Morgan fingerprint density at radius 3 is 2.38 bits per heavy atom. The molecule has 0 radical (unpaired) electrons. The fourth-order valence-electron chi connectivity index (χ4n) is 2.18. The number of hydrogen-bond donors (Lipinski definition) is 1. The summed E-state index contributed by atoms with van der Waals surface area (Å²) in [5, 5.41) is 0. The minimum Gasteiger partial charge on any atom is -0.497 e. The minimum absolute atomic E-state index is 0.00952. The molecule has 24 heavy (non-hydrogen) atoms. The molecule has 0 saturated carbocycles. The van der Waals surface area contributed by atoms with Crippen LogP contribution in [0.15, 0.2) is 53.4 Å². The van der Waals surface area contributed by atoms with Crippen LogP contribution in [0.5, 0.6) is 11.5 Å². The summed E-state index contributed by atoms with van der Waals surface area (Å²) in [6.07, 6.45) is 0.339. The smallest absolute Gasteiger partial charge is 0.264 e. The van der Waals surface area contributed by atoms with Crippen LogP contribution in [0.1, 0.15) is 12.0 Å². The Morgan fingerprint density at radius 1 is 1.04 bits per heavy atom. The average molecular weight is 349 g/mol. The van der Waals surface area contributed by atoms with E-state index in [-0.39, 0.29) is 11.3 Å². The zero-order valence-corrected chi connectivity index (χ0v) is 14.3. The van der Waals surface area contributed by atoms with E-state index in [0.717, 1.165) is 5.56 Å². The van der Waals surface area contributed by atoms with E-state index in [4.69, 9.17) is 9.47 Å². The number of carbonyl (C=O) groups is 1. The monoisotopic (exact) mass is 349 g/mol. The summed E-state index contributed by atoms with van der Waals surface area (Å²) in [5.74, 6) is 0.682. The molecule has 0 atom stereocenters. The van der Waals surface area contributed by atoms with E-state index in [9.17, 15) is 13.2 Å². The predicted molar refractivity (Wildman–Crippen MR) is 89.6 cm³/mol. The topological polar surface area (TPSA) is 81.7 Å². The fraction of sp³-hybridized carbons (Fsp3) is 0.235. The van der Waals surface area contributed by atoms with Crippen molar-refractivity contribution < 1.29 is 22.7 Å². The zero-order valence-electron chi connectivity index (χ0n) is 13.5. The van der Waals surface area contributed by atoms with E-state index in [1.807, 2.05) is 0 Å². The first-order valence-electron chi connectivity index (χ1n) is 7.28. The Hall–Kier alpha value is -2.54. The summed E-state index contributed by atoms with van der Waals surface area (Å²) < 4.78 is 36.7. The molecule has 0 saturated heterocycles. The normalized spacial score (nSPS) is 10.9. The van der Waals surface area contributed by atoms with Crippen molar-refractivity contribution in [3.8, 4) is 11.5 Å². The van der Waals surface area contributed by atoms with Gasteiger partial charge >= 0.3 is 0 Å². The van der Waals surface area contributed by atoms with Gasteiger partial charge in [-0.15, -0.1) is 0 Å². The Morgan fingerprint density at radius 2 is 1.75 bits per heavy atom. The molecule has 0 aliphatic rings. The quantitative estimate of drug-likeness (QED) is 0.828. The van der Waals surface area contributed by atoms with Gasteiger partial charge in [0, 0.05) is 6.42 Å². The molecule has 0 spiro atoms. The molecule has 0 aromatic heterocycles. The van der Waals surface area contributed by atoms with Crippen LogP contribution in [-0.4, -0.2) is 28.5 Å². The fourth-order valence-corrected chi connectivity index (χ4v) is 3.22. The second-order valence-corrected chi connectivity index (χ2v) is 6.70. The van der Waals surface area contributed by atoms with Crippen LogP contribution in [-0.2, 0) is 21.2 Å². The molecule has 0 unspecified atom stereocenters. The van der Waals surface area contributed by atoms with Crippen LogP contribution in [0.2, 0.25) is 0 Å². The van der Waals surface area contributed by atoms with Gasteiger partial charge in [-0.25, -0.2) is 13.1 Å². The van der Waals surface area contributed by atoms with Crippen molar-refractivity contribution in [2.45, 2.75) is 17.7 Å². The SMILES string of the molecule is COc1ccc(OC)c(CCC(=O)NS(=O)(=O)c2ccccc2)c1. The summed E-state index contributed by atoms with van der Waals surface area (Å²) in [4.78, 5) is 12.1. The van der Waals surface area contributed by atoms with Gasteiger partial charge in [0.15, 0.2) is 0 Å². The molecule has 0 bridgehead atoms. The maximum Gasteiger partial charge on any atom is 0.264 e. The van der Waals surface area contributed by atoms with Gasteiger partial charge < -0.3 is 9.47 Å². The highest BCUT2D eigenvalue weighted by Gasteiger charge is 2.17. The number of rotatable bonds is 7. The molecule has 7 heteroatoms. The molecule has 0 fully saturated rings. The molecule has 6 nitrogen and oxygen atoms in total. The number of ether oxygens (including phenoxy) is 2. The molecule has 2 aromatic rings. The highest BCUT2D eigenvalue weighted by molar-refractivity contribution is 7.90. The second kappa shape index (κ2) is 7.83. The van der Waals surface area contributed by atoms with Crippen LogP contribution >= 0.6 is 0 Å². The largest absolute Gasteiger partial charge is 0.497 e. The van der Waals surface area contributed by atoms with E-state index in [1.165, 1.54) is 19.2 Å². The van der Waals surface area contributed by atoms with Crippen molar-refractivity contribution in [2.24, 2.45) is 0 Å². The third kappa shape index (κ3) is 4.48. The molecular formula is C17H19NO5S. The van der Waals surface area contributed by atoms with E-state index in [0.29, 0.717) is 17.9 Å². The molecular weight excluding hydrogens is 330 g/mol. The van der Waals surface area contributed by atoms with E-state index < -0.39 is 15.9 Å². The Bertz CT molecular complexity index is 803. The lowest BCUT2D eigenvalue weighted by molar-refractivity contribution is -0.119. The summed E-state index contributed by atoms with van der Waals surface area (Å²) in [6, 6.07) is 13.0. The van der Waals surface area contributed by atoms with Gasteiger partial charge in [0.2, 0.25) is 5.91 Å². The van der Waals surface area contributed by atoms with Crippen LogP contribution in [0.25, 0.3) is 0 Å². The van der Waals surface area contributed by atoms with Gasteiger partial charge in [-0.05, 0) is 42.3 Å². The van der Waals surface area contributed by atoms with E-state index in [1.54, 1.807) is 43.5 Å². The van der Waals surface area contributed by atoms with Gasteiger partial charge in [0.1, 0.15) is 11.5 Å². The van der Waals surface area contributed by atoms with E-state index in [2.05, 4.69) is 4.72 Å². The third-order valence-corrected chi connectivity index (χ3v) is 4.80. The van der Waals surface area contributed by atoms with Crippen LogP contribution in [0.3, 0.4) is 0 Å². The Kier molecular flexibility index (Phi) is 5.81. The molecule has 2 aromatic carbocycles. The predicted octanol–water partition coefficient (Wildman–Crippen LogP) is 2.14. The van der Waals surface area contributed by atoms with Crippen molar-refractivity contribution >= 4 is 15.9 Å². The number of sulfonamides is 1. The number of aryl methyl sites for hydroxylation is 1. The van der Waals surface area contributed by atoms with Gasteiger partial charge in [0.05, 0.1) is 19.1 Å². The molecule has 0 aliphatic carbocycles. The first kappa shape index (κ1) is 17.8. The molecule has 1 N–H and O–H groups in total. The highest BCUT2D eigenvalue weighted by Crippen LogP contribution is 2.25. The minimum atomic E-state index is -3.85. The number of nitrogens with one attached hydrogen (secondary N) is 1. The molecule has 128 valence electrons. The average Bonchev–Trinajstić information content (AvgIpc) is 2.60. The summed E-state index contributed by atoms with van der Waals surface area (Å²) in [5.41, 5.74) is 0.768. The number of hydrogen-bond acceptors (Lipinski definition) is 5. The highest BCUT2D eigenvalue weighted by atomic mass is 32.2. The first-order valence-corrected chi connectivity index (χ1v) is 8.76. The van der Waals surface area contributed by atoms with Crippen LogP contribution in [0.4, 0.5) is 0 Å². The van der Waals surface area contributed by atoms with Gasteiger partial charge in [-0.3, -0.25) is 4.79 Å². The van der Waals surface area contributed by atoms with Crippen molar-refractivity contribution in [3.05, 3.63) is 54.1 Å². The summed E-state index contributed by atoms with van der Waals surface area (Å²) in [7, 11) is -0.769. The number of amides is 1. The van der Waals surface area contributed by atoms with Gasteiger partial charge in [0.25, 0.3) is 10.0 Å². The van der Waals surface area contributed by atoms with Crippen molar-refractivity contribution in [3.63, 3.8) is 0 Å². The Labute approximate surface area is 141 Å². The van der Waals surface area contributed by atoms with Gasteiger partial charge in [-0.2, -0.15) is 0 Å². The Balaban J connectivity index is 2.04. The number of methoxy groups -OCH3 is 2. The first-order chi connectivity index (χ1) is 11.5. The maximum absolute atomic E-state index is 12.1. The number of carbonyl (C=O) groups excluding carboxylic acids is 1. The standard InChI is InChI=1S/C17H19NO5S/c1-22-14-9-10-16(23-2)13(12-14)8-11-17(19)18-24(20,21)15-6-4-3-5-7-15/h3-7,9-10,12H,8,11H2,1-2H3,(H,18,19). The van der Waals surface area contributed by atoms with E-state index >= 15 is 0 Å². The summed E-state index contributed by atoms with van der Waals surface area (Å²) in [6.45, 7) is 0. The molecule has 0 heterocycles. The lowest BCUT2D eigenvalue weighted by Crippen LogP contribution is -2.30. The molecule has 1 amide bonds. The van der Waals surface area contributed by atoms with Gasteiger partial charge in [-0.1, -0.05) is 18.2 Å². The van der Waals surface area contributed by atoms with Crippen LogP contribution < -0.4 is 14.2 Å². The van der Waals surface area contributed by atoms with Crippen molar-refractivity contribution in [2.75, 3.05) is 14.2 Å². The maximum atomic E-state index is 12.1. The zero-order chi connectivity index (χ0) is 17.6. The second-order valence-electron chi connectivity index (χ2n) is 5.02. The lowest BCUT2D eigenvalue weighted by Gasteiger charge is -2.11. The summed E-state index contributed by atoms with van der Waals surface area (Å²) >= 11 is 0. The lowest BCUT2D eigenvalue weighted by atomic mass is 10.1. The number of benzene rings is 2. The molecule has 0 aliphatic heterocycles. The van der Waals surface area contributed by atoms with Crippen LogP contribution in [0, 0.1) is 0 Å². The van der Waals surface area contributed by atoms with Crippen molar-refractivity contribution in [1.29, 1.82) is 0 Å². The third-order valence-electron chi connectivity index (χ3n) is 3.41. The molecule has 2 rings (SSSR count). The van der Waals surface area contributed by atoms with Crippen molar-refractivity contribution in [1.82, 2.24) is 4.72 Å².